The molecule has 0 radical (unpaired) electrons. The molecular formula is C19H20ClNO5. The van der Waals surface area contributed by atoms with E-state index in [1.54, 1.807) is 25.1 Å². The molecule has 0 fully saturated rings. The molecule has 0 unspecified atom stereocenters. The molecule has 0 aliphatic rings. The molecule has 0 bridgehead atoms. The summed E-state index contributed by atoms with van der Waals surface area (Å²) < 4.78 is 15.3. The fourth-order valence-corrected chi connectivity index (χ4v) is 2.67. The Kier molecular flexibility index (Phi) is 6.86. The van der Waals surface area contributed by atoms with Crippen molar-refractivity contribution in [2.45, 2.75) is 13.0 Å². The first-order valence-corrected chi connectivity index (χ1v) is 8.27. The third kappa shape index (κ3) is 4.89. The monoisotopic (exact) mass is 377 g/mol. The van der Waals surface area contributed by atoms with E-state index >= 15 is 0 Å². The molecule has 0 spiro atoms. The first-order valence-electron chi connectivity index (χ1n) is 7.89. The van der Waals surface area contributed by atoms with Gasteiger partial charge in [0, 0.05) is 5.02 Å². The van der Waals surface area contributed by atoms with E-state index in [0.29, 0.717) is 16.5 Å². The lowest BCUT2D eigenvalue weighted by molar-refractivity contribution is -0.124. The smallest absolute Gasteiger partial charge is 0.342 e. The van der Waals surface area contributed by atoms with Crippen molar-refractivity contribution < 1.29 is 23.8 Å². The number of amides is 1. The van der Waals surface area contributed by atoms with Gasteiger partial charge in [0.15, 0.2) is 6.61 Å². The van der Waals surface area contributed by atoms with Gasteiger partial charge in [0.25, 0.3) is 5.91 Å². The maximum atomic E-state index is 12.2. The Morgan fingerprint density at radius 2 is 1.85 bits per heavy atom. The third-order valence-corrected chi connectivity index (χ3v) is 4.05. The molecule has 138 valence electrons. The second kappa shape index (κ2) is 9.10. The summed E-state index contributed by atoms with van der Waals surface area (Å²) in [5, 5.41) is 3.29. The zero-order valence-electron chi connectivity index (χ0n) is 14.7. The van der Waals surface area contributed by atoms with Gasteiger partial charge in [-0.15, -0.1) is 0 Å². The van der Waals surface area contributed by atoms with Crippen molar-refractivity contribution in [1.82, 2.24) is 5.32 Å². The molecule has 6 nitrogen and oxygen atoms in total. The van der Waals surface area contributed by atoms with Gasteiger partial charge in [0.2, 0.25) is 0 Å². The Morgan fingerprint density at radius 1 is 1.12 bits per heavy atom. The number of ether oxygens (including phenoxy) is 3. The maximum absolute atomic E-state index is 12.2. The molecule has 7 heteroatoms. The van der Waals surface area contributed by atoms with Crippen LogP contribution in [0.15, 0.2) is 42.5 Å². The van der Waals surface area contributed by atoms with Crippen LogP contribution in [0, 0.1) is 0 Å². The Labute approximate surface area is 157 Å². The SMILES string of the molecule is COc1ccc(OC)c(C(=O)OCC(=O)N[C@@H](C)c2ccccc2Cl)c1. The normalized spacial score (nSPS) is 11.4. The molecular weight excluding hydrogens is 358 g/mol. The molecule has 0 heterocycles. The summed E-state index contributed by atoms with van der Waals surface area (Å²) in [6, 6.07) is 11.6. The van der Waals surface area contributed by atoms with E-state index in [2.05, 4.69) is 5.32 Å². The number of carbonyl (C=O) groups excluding carboxylic acids is 2. The molecule has 0 aliphatic carbocycles. The standard InChI is InChI=1S/C19H20ClNO5/c1-12(14-6-4-5-7-16(14)20)21-18(22)11-26-19(23)15-10-13(24-2)8-9-17(15)25-3/h4-10,12H,11H2,1-3H3,(H,21,22)/t12-/m0/s1. The minimum Gasteiger partial charge on any atom is -0.497 e. The van der Waals surface area contributed by atoms with Crippen LogP contribution < -0.4 is 14.8 Å². The van der Waals surface area contributed by atoms with Crippen molar-refractivity contribution in [3.63, 3.8) is 0 Å². The largest absolute Gasteiger partial charge is 0.497 e. The lowest BCUT2D eigenvalue weighted by atomic mass is 10.1. The van der Waals surface area contributed by atoms with E-state index in [-0.39, 0.29) is 11.6 Å². The van der Waals surface area contributed by atoms with E-state index in [1.807, 2.05) is 18.2 Å². The highest BCUT2D eigenvalue weighted by molar-refractivity contribution is 6.31. The van der Waals surface area contributed by atoms with E-state index < -0.39 is 18.5 Å². The fraction of sp³-hybridized carbons (Fsp3) is 0.263. The van der Waals surface area contributed by atoms with E-state index in [0.717, 1.165) is 5.56 Å². The Bertz CT molecular complexity index is 793. The highest BCUT2D eigenvalue weighted by atomic mass is 35.5. The Balaban J connectivity index is 1.97. The lowest BCUT2D eigenvalue weighted by Crippen LogP contribution is -2.31. The number of methoxy groups -OCH3 is 2. The topological polar surface area (TPSA) is 73.9 Å². The van der Waals surface area contributed by atoms with Crippen molar-refractivity contribution >= 4 is 23.5 Å². The molecule has 26 heavy (non-hydrogen) atoms. The number of hydrogen-bond acceptors (Lipinski definition) is 5. The van der Waals surface area contributed by atoms with Gasteiger partial charge in [0.1, 0.15) is 17.1 Å². The number of carbonyl (C=O) groups is 2. The number of rotatable bonds is 7. The average molecular weight is 378 g/mol. The summed E-state index contributed by atoms with van der Waals surface area (Å²) >= 11 is 6.11. The van der Waals surface area contributed by atoms with E-state index in [1.165, 1.54) is 20.3 Å². The summed E-state index contributed by atoms with van der Waals surface area (Å²) in [4.78, 5) is 24.3. The van der Waals surface area contributed by atoms with Crippen LogP contribution in [0.4, 0.5) is 0 Å². The van der Waals surface area contributed by atoms with Crippen molar-refractivity contribution in [2.24, 2.45) is 0 Å². The molecule has 0 saturated carbocycles. The maximum Gasteiger partial charge on any atom is 0.342 e. The summed E-state index contributed by atoms with van der Waals surface area (Å²) in [7, 11) is 2.93. The first kappa shape index (κ1) is 19.6. The van der Waals surface area contributed by atoms with Crippen LogP contribution in [0.25, 0.3) is 0 Å². The highest BCUT2D eigenvalue weighted by Gasteiger charge is 2.18. The van der Waals surface area contributed by atoms with Gasteiger partial charge in [-0.3, -0.25) is 4.79 Å². The van der Waals surface area contributed by atoms with Gasteiger partial charge in [-0.05, 0) is 36.8 Å². The van der Waals surface area contributed by atoms with Crippen molar-refractivity contribution in [3.05, 3.63) is 58.6 Å². The van der Waals surface area contributed by atoms with Crippen LogP contribution in [0.1, 0.15) is 28.9 Å². The minimum absolute atomic E-state index is 0.179. The number of hydrogen-bond donors (Lipinski definition) is 1. The Hall–Kier alpha value is -2.73. The predicted octanol–water partition coefficient (Wildman–Crippen LogP) is 3.39. The third-order valence-electron chi connectivity index (χ3n) is 3.71. The molecule has 0 aromatic heterocycles. The molecule has 2 rings (SSSR count). The predicted molar refractivity (Wildman–Crippen MR) is 97.8 cm³/mol. The van der Waals surface area contributed by atoms with Crippen molar-refractivity contribution in [3.8, 4) is 11.5 Å². The van der Waals surface area contributed by atoms with Gasteiger partial charge < -0.3 is 19.5 Å². The summed E-state index contributed by atoms with van der Waals surface area (Å²) in [5.74, 6) is -0.302. The molecule has 1 amide bonds. The van der Waals surface area contributed by atoms with Gasteiger partial charge in [-0.25, -0.2) is 4.79 Å². The van der Waals surface area contributed by atoms with Crippen LogP contribution in [-0.2, 0) is 9.53 Å². The van der Waals surface area contributed by atoms with Crippen LogP contribution >= 0.6 is 11.6 Å². The Morgan fingerprint density at radius 3 is 2.50 bits per heavy atom. The number of nitrogens with one attached hydrogen (secondary N) is 1. The molecule has 1 atom stereocenters. The minimum atomic E-state index is -0.679. The van der Waals surface area contributed by atoms with Gasteiger partial charge >= 0.3 is 5.97 Å². The van der Waals surface area contributed by atoms with Gasteiger partial charge in [-0.1, -0.05) is 29.8 Å². The highest BCUT2D eigenvalue weighted by Crippen LogP contribution is 2.25. The number of halogens is 1. The number of benzene rings is 2. The summed E-state index contributed by atoms with van der Waals surface area (Å²) in [5.41, 5.74) is 0.960. The zero-order valence-corrected chi connectivity index (χ0v) is 15.5. The molecule has 1 N–H and O–H groups in total. The van der Waals surface area contributed by atoms with Gasteiger partial charge in [0.05, 0.1) is 20.3 Å². The van der Waals surface area contributed by atoms with E-state index in [9.17, 15) is 9.59 Å². The van der Waals surface area contributed by atoms with Crippen LogP contribution in [-0.4, -0.2) is 32.7 Å². The van der Waals surface area contributed by atoms with E-state index in [4.69, 9.17) is 25.8 Å². The van der Waals surface area contributed by atoms with Crippen LogP contribution in [0.5, 0.6) is 11.5 Å². The second-order valence-electron chi connectivity index (χ2n) is 5.45. The first-order chi connectivity index (χ1) is 12.5. The van der Waals surface area contributed by atoms with Crippen LogP contribution in [0.3, 0.4) is 0 Å². The summed E-state index contributed by atoms with van der Waals surface area (Å²) in [6.45, 7) is 1.38. The van der Waals surface area contributed by atoms with Crippen LogP contribution in [0.2, 0.25) is 5.02 Å². The lowest BCUT2D eigenvalue weighted by Gasteiger charge is -2.16. The second-order valence-corrected chi connectivity index (χ2v) is 5.86. The summed E-state index contributed by atoms with van der Waals surface area (Å²) in [6.07, 6.45) is 0. The van der Waals surface area contributed by atoms with Gasteiger partial charge in [-0.2, -0.15) is 0 Å². The van der Waals surface area contributed by atoms with Crippen molar-refractivity contribution in [1.29, 1.82) is 0 Å². The zero-order chi connectivity index (χ0) is 19.1. The van der Waals surface area contributed by atoms with Crippen molar-refractivity contribution in [2.75, 3.05) is 20.8 Å². The molecule has 0 aliphatic heterocycles. The molecule has 2 aromatic rings. The molecule has 2 aromatic carbocycles. The fourth-order valence-electron chi connectivity index (χ4n) is 2.37. The average Bonchev–Trinajstić information content (AvgIpc) is 2.65. The number of esters is 1. The molecule has 0 saturated heterocycles. The quantitative estimate of drug-likeness (QED) is 0.748.